The highest BCUT2D eigenvalue weighted by Gasteiger charge is 2.70. The maximum Gasteiger partial charge on any atom is 0.461 e. The van der Waals surface area contributed by atoms with Crippen molar-refractivity contribution < 1.29 is 37.8 Å². The molecule has 1 N–H and O–H groups in total. The fourth-order valence-corrected chi connectivity index (χ4v) is 9.42. The summed E-state index contributed by atoms with van der Waals surface area (Å²) in [5, 5.41) is 2.83. The quantitative estimate of drug-likeness (QED) is 0.319. The number of nitrogens with one attached hydrogen (secondary N) is 1. The average Bonchev–Trinajstić information content (AvgIpc) is 3.41. The van der Waals surface area contributed by atoms with Crippen LogP contribution in [-0.4, -0.2) is 66.8 Å². The highest BCUT2D eigenvalue weighted by atomic mass is 32.2. The molecule has 2 bridgehead atoms. The molecule has 0 spiro atoms. The number of amides is 1. The van der Waals surface area contributed by atoms with Crippen molar-refractivity contribution in [3.05, 3.63) is 23.3 Å². The molecule has 9 nitrogen and oxygen atoms in total. The third-order valence-electron chi connectivity index (χ3n) is 10.6. The Bertz CT molecular complexity index is 1350. The van der Waals surface area contributed by atoms with Crippen LogP contribution in [0.1, 0.15) is 96.5 Å². The highest BCUT2D eigenvalue weighted by molar-refractivity contribution is 8.00. The highest BCUT2D eigenvalue weighted by Crippen LogP contribution is 2.68. The van der Waals surface area contributed by atoms with Crippen molar-refractivity contribution in [2.75, 3.05) is 13.2 Å². The molecule has 1 aromatic carbocycles. The van der Waals surface area contributed by atoms with Crippen molar-refractivity contribution in [3.8, 4) is 5.75 Å². The summed E-state index contributed by atoms with van der Waals surface area (Å²) < 4.78 is 36.7. The molecular weight excluding hydrogens is 569 g/mol. The molecule has 7 aliphatic rings. The molecule has 1 aromatic rings. The molecule has 4 aliphatic carbocycles. The van der Waals surface area contributed by atoms with Crippen LogP contribution in [0.25, 0.3) is 0 Å². The van der Waals surface area contributed by atoms with Gasteiger partial charge in [-0.05, 0) is 81.8 Å². The van der Waals surface area contributed by atoms with Gasteiger partial charge >= 0.3 is 19.2 Å². The lowest BCUT2D eigenvalue weighted by molar-refractivity contribution is -0.199. The van der Waals surface area contributed by atoms with E-state index in [1.165, 1.54) is 18.2 Å². The van der Waals surface area contributed by atoms with E-state index in [-0.39, 0.29) is 41.9 Å². The van der Waals surface area contributed by atoms with Gasteiger partial charge in [-0.3, -0.25) is 0 Å². The van der Waals surface area contributed by atoms with Gasteiger partial charge in [0, 0.05) is 24.6 Å². The van der Waals surface area contributed by atoms with Crippen molar-refractivity contribution in [1.29, 1.82) is 0 Å². The van der Waals surface area contributed by atoms with Crippen LogP contribution >= 0.6 is 11.8 Å². The van der Waals surface area contributed by atoms with Crippen molar-refractivity contribution >= 4 is 30.9 Å². The minimum absolute atomic E-state index is 0.112. The summed E-state index contributed by atoms with van der Waals surface area (Å²) in [5.41, 5.74) is 0.886. The van der Waals surface area contributed by atoms with E-state index in [0.717, 1.165) is 23.3 Å². The van der Waals surface area contributed by atoms with Crippen LogP contribution in [0.15, 0.2) is 17.0 Å². The van der Waals surface area contributed by atoms with Gasteiger partial charge in [0.1, 0.15) is 16.9 Å². The second-order valence-electron chi connectivity index (χ2n) is 15.5. The lowest BCUT2D eigenvalue weighted by Crippen LogP contribution is -2.65. The number of fused-ring (bicyclic) bond motifs is 1. The van der Waals surface area contributed by atoms with Crippen molar-refractivity contribution in [2.45, 2.75) is 126 Å². The zero-order valence-corrected chi connectivity index (χ0v) is 27.3. The van der Waals surface area contributed by atoms with Crippen molar-refractivity contribution in [1.82, 2.24) is 5.32 Å². The Labute approximate surface area is 258 Å². The SMILES string of the molecule is CC(C)(C)OC(=O)N[C@@H]1COC[C@H]1Sc1ccc([C@H]2C[C@H]2B2OC3C[C@@H]4C[C@@H](C4(C)C)[C@]3(C)O2)c2c1C(=O)OC(C)(C)O2. The molecule has 3 heterocycles. The summed E-state index contributed by atoms with van der Waals surface area (Å²) in [5.74, 6) is 0.692. The maximum atomic E-state index is 13.5. The van der Waals surface area contributed by atoms with E-state index >= 15 is 0 Å². The number of esters is 1. The minimum atomic E-state index is -1.08. The van der Waals surface area contributed by atoms with Crippen LogP contribution in [-0.2, 0) is 23.5 Å². The lowest BCUT2D eigenvalue weighted by Gasteiger charge is -2.64. The Kier molecular flexibility index (Phi) is 6.76. The smallest absolute Gasteiger partial charge is 0.452 e. The molecule has 2 saturated heterocycles. The summed E-state index contributed by atoms with van der Waals surface area (Å²) in [6.07, 6.45) is 2.86. The number of carbonyl (C=O) groups is 2. The molecule has 234 valence electrons. The Morgan fingerprint density at radius 2 is 1.84 bits per heavy atom. The number of benzene rings is 1. The zero-order valence-electron chi connectivity index (χ0n) is 26.5. The molecule has 1 unspecified atom stereocenters. The van der Waals surface area contributed by atoms with E-state index in [2.05, 4.69) is 32.2 Å². The predicted molar refractivity (Wildman–Crippen MR) is 161 cm³/mol. The maximum absolute atomic E-state index is 13.5. The summed E-state index contributed by atoms with van der Waals surface area (Å²) in [6.45, 7) is 16.8. The normalized spacial score (nSPS) is 38.3. The predicted octanol–water partition coefficient (Wildman–Crippen LogP) is 5.94. The molecule has 8 rings (SSSR count). The molecule has 43 heavy (non-hydrogen) atoms. The monoisotopic (exact) mass is 613 g/mol. The first kappa shape index (κ1) is 29.7. The van der Waals surface area contributed by atoms with Gasteiger partial charge in [0.05, 0.1) is 36.2 Å². The zero-order chi connectivity index (χ0) is 30.7. The number of carbonyl (C=O) groups excluding carboxylic acids is 2. The summed E-state index contributed by atoms with van der Waals surface area (Å²) >= 11 is 1.50. The second-order valence-corrected chi connectivity index (χ2v) is 16.8. The van der Waals surface area contributed by atoms with E-state index in [1.807, 2.05) is 26.8 Å². The topological polar surface area (TPSA) is 102 Å². The van der Waals surface area contributed by atoms with Crippen molar-refractivity contribution in [2.24, 2.45) is 17.3 Å². The van der Waals surface area contributed by atoms with Crippen LogP contribution in [0.3, 0.4) is 0 Å². The number of thioether (sulfide) groups is 1. The molecule has 6 fully saturated rings. The summed E-state index contributed by atoms with van der Waals surface area (Å²) in [7, 11) is -0.251. The van der Waals surface area contributed by atoms with E-state index in [9.17, 15) is 9.59 Å². The van der Waals surface area contributed by atoms with Crippen LogP contribution < -0.4 is 10.1 Å². The first-order valence-corrected chi connectivity index (χ1v) is 16.6. The summed E-state index contributed by atoms with van der Waals surface area (Å²) in [4.78, 5) is 26.7. The minimum Gasteiger partial charge on any atom is -0.452 e. The lowest BCUT2D eigenvalue weighted by atomic mass is 9.43. The van der Waals surface area contributed by atoms with Gasteiger partial charge in [-0.25, -0.2) is 9.59 Å². The van der Waals surface area contributed by atoms with E-state index in [0.29, 0.717) is 41.8 Å². The number of rotatable bonds is 5. The molecule has 0 radical (unpaired) electrons. The van der Waals surface area contributed by atoms with Gasteiger partial charge in [0.2, 0.25) is 5.79 Å². The van der Waals surface area contributed by atoms with Crippen LogP contribution in [0, 0.1) is 17.3 Å². The van der Waals surface area contributed by atoms with Crippen LogP contribution in [0.5, 0.6) is 5.75 Å². The fraction of sp³-hybridized carbons (Fsp3) is 0.750. The van der Waals surface area contributed by atoms with E-state index in [4.69, 9.17) is 28.3 Å². The number of hydrogen-bond donors (Lipinski definition) is 1. The Morgan fingerprint density at radius 3 is 2.56 bits per heavy atom. The average molecular weight is 614 g/mol. The first-order chi connectivity index (χ1) is 20.1. The third-order valence-corrected chi connectivity index (χ3v) is 12.0. The Balaban J connectivity index is 1.11. The Hall–Kier alpha value is -1.95. The summed E-state index contributed by atoms with van der Waals surface area (Å²) in [6, 6.07) is 3.79. The molecule has 8 atom stereocenters. The molecule has 4 saturated carbocycles. The molecule has 0 aromatic heterocycles. The van der Waals surface area contributed by atoms with E-state index < -0.39 is 23.5 Å². The molecule has 1 amide bonds. The molecular formula is C32H44BNO8S. The fourth-order valence-electron chi connectivity index (χ4n) is 8.18. The van der Waals surface area contributed by atoms with Crippen molar-refractivity contribution in [3.63, 3.8) is 0 Å². The standard InChI is InChI=1S/C32H44BNO8S/c1-29(2,3)40-28(36)34-20-14-37-15-22(20)43-21-10-9-17(26-25(21)27(35)39-31(6,7)38-26)18-13-19(18)33-41-24-12-16-11-23(30(16,4)5)32(24,8)42-33/h9-10,16,18-20,22-24H,11-15H2,1-8H3,(H,34,36)/t16-,18+,19+,20+,22+,23-,24?,32-/m0/s1. The van der Waals surface area contributed by atoms with Crippen LogP contribution in [0.4, 0.5) is 4.79 Å². The van der Waals surface area contributed by atoms with Gasteiger partial charge in [-0.1, -0.05) is 19.9 Å². The van der Waals surface area contributed by atoms with E-state index in [1.54, 1.807) is 13.8 Å². The first-order valence-electron chi connectivity index (χ1n) is 15.7. The second kappa shape index (κ2) is 9.78. The molecule has 11 heteroatoms. The van der Waals surface area contributed by atoms with Gasteiger partial charge in [-0.2, -0.15) is 0 Å². The number of hydrogen-bond acceptors (Lipinski definition) is 9. The number of cyclic esters (lactones) is 1. The Morgan fingerprint density at radius 1 is 1.07 bits per heavy atom. The molecule has 3 aliphatic heterocycles. The largest absolute Gasteiger partial charge is 0.461 e. The van der Waals surface area contributed by atoms with Gasteiger partial charge in [-0.15, -0.1) is 11.8 Å². The van der Waals surface area contributed by atoms with Gasteiger partial charge in [0.25, 0.3) is 0 Å². The third kappa shape index (κ3) is 5.06. The van der Waals surface area contributed by atoms with Gasteiger partial charge in [0.15, 0.2) is 0 Å². The number of ether oxygens (including phenoxy) is 4. The number of alkyl carbamates (subject to hydrolysis) is 1. The van der Waals surface area contributed by atoms with Gasteiger partial charge < -0.3 is 33.6 Å². The van der Waals surface area contributed by atoms with Crippen LogP contribution in [0.2, 0.25) is 5.82 Å².